The molecule has 0 aliphatic heterocycles. The Balaban J connectivity index is 1.91. The first kappa shape index (κ1) is 12.7. The van der Waals surface area contributed by atoms with Crippen molar-refractivity contribution >= 4 is 0 Å². The van der Waals surface area contributed by atoms with Gasteiger partial charge in [-0.05, 0) is 12.1 Å². The maximum atomic E-state index is 9.17. The van der Waals surface area contributed by atoms with Crippen LogP contribution in [0.3, 0.4) is 0 Å². The van der Waals surface area contributed by atoms with Gasteiger partial charge in [0.15, 0.2) is 0 Å². The minimum absolute atomic E-state index is 0.246. The number of nitrogens with one attached hydrogen (secondary N) is 1. The second kappa shape index (κ2) is 6.25. The first-order valence-electron chi connectivity index (χ1n) is 5.76. The van der Waals surface area contributed by atoms with Crippen LogP contribution in [0.25, 0.3) is 5.69 Å². The van der Waals surface area contributed by atoms with Gasteiger partial charge in [0, 0.05) is 13.1 Å². The molecule has 1 unspecified atom stereocenters. The lowest BCUT2D eigenvalue weighted by Gasteiger charge is -2.06. The van der Waals surface area contributed by atoms with Crippen LogP contribution in [0.15, 0.2) is 36.5 Å². The summed E-state index contributed by atoms with van der Waals surface area (Å²) in [6.07, 6.45) is 0.930. The molecule has 0 fully saturated rings. The highest BCUT2D eigenvalue weighted by molar-refractivity contribution is 5.28. The van der Waals surface area contributed by atoms with E-state index in [0.29, 0.717) is 13.1 Å². The van der Waals surface area contributed by atoms with Crippen LogP contribution in [0.2, 0.25) is 0 Å². The molecule has 1 heterocycles. The van der Waals surface area contributed by atoms with Crippen molar-refractivity contribution in [3.05, 3.63) is 42.2 Å². The Morgan fingerprint density at radius 3 is 2.78 bits per heavy atom. The summed E-state index contributed by atoms with van der Waals surface area (Å²) in [6.45, 7) is 0.586. The predicted molar refractivity (Wildman–Crippen MR) is 66.2 cm³/mol. The normalized spacial score (nSPS) is 12.6. The van der Waals surface area contributed by atoms with Gasteiger partial charge in [-0.2, -0.15) is 15.0 Å². The molecular formula is C12H16N4O2. The van der Waals surface area contributed by atoms with Crippen molar-refractivity contribution in [3.8, 4) is 5.69 Å². The van der Waals surface area contributed by atoms with E-state index >= 15 is 0 Å². The molecule has 18 heavy (non-hydrogen) atoms. The van der Waals surface area contributed by atoms with E-state index in [1.54, 1.807) is 11.0 Å². The van der Waals surface area contributed by atoms with E-state index in [2.05, 4.69) is 15.5 Å². The fraction of sp³-hybridized carbons (Fsp3) is 0.333. The number of para-hydroxylation sites is 1. The monoisotopic (exact) mass is 248 g/mol. The minimum atomic E-state index is -0.742. The van der Waals surface area contributed by atoms with Crippen molar-refractivity contribution in [3.63, 3.8) is 0 Å². The van der Waals surface area contributed by atoms with E-state index in [0.717, 1.165) is 11.4 Å². The molecule has 0 saturated heterocycles. The van der Waals surface area contributed by atoms with Crippen LogP contribution in [0.5, 0.6) is 0 Å². The van der Waals surface area contributed by atoms with Crippen molar-refractivity contribution in [1.29, 1.82) is 0 Å². The van der Waals surface area contributed by atoms with Crippen molar-refractivity contribution in [1.82, 2.24) is 20.3 Å². The second-order valence-electron chi connectivity index (χ2n) is 3.93. The number of hydrogen-bond acceptors (Lipinski definition) is 5. The molecular weight excluding hydrogens is 232 g/mol. The molecule has 1 aromatic heterocycles. The molecule has 3 N–H and O–H groups in total. The summed E-state index contributed by atoms with van der Waals surface area (Å²) in [5, 5.41) is 29.3. The van der Waals surface area contributed by atoms with Gasteiger partial charge < -0.3 is 15.5 Å². The van der Waals surface area contributed by atoms with E-state index in [1.807, 2.05) is 30.3 Å². The van der Waals surface area contributed by atoms with Gasteiger partial charge in [0.1, 0.15) is 0 Å². The number of benzene rings is 1. The number of aliphatic hydroxyl groups excluding tert-OH is 2. The molecule has 2 aromatic rings. The van der Waals surface area contributed by atoms with E-state index in [1.165, 1.54) is 0 Å². The summed E-state index contributed by atoms with van der Waals surface area (Å²) in [7, 11) is 0. The molecule has 0 aliphatic carbocycles. The third kappa shape index (κ3) is 3.36. The van der Waals surface area contributed by atoms with Crippen LogP contribution in [0.4, 0.5) is 0 Å². The summed E-state index contributed by atoms with van der Waals surface area (Å²) < 4.78 is 0. The van der Waals surface area contributed by atoms with Gasteiger partial charge >= 0.3 is 0 Å². The molecule has 6 heteroatoms. The zero-order valence-electron chi connectivity index (χ0n) is 9.90. The van der Waals surface area contributed by atoms with E-state index < -0.39 is 6.10 Å². The van der Waals surface area contributed by atoms with Crippen molar-refractivity contribution in [2.24, 2.45) is 0 Å². The molecule has 1 atom stereocenters. The number of nitrogens with zero attached hydrogens (tertiary/aromatic N) is 3. The van der Waals surface area contributed by atoms with Gasteiger partial charge in [-0.1, -0.05) is 18.2 Å². The maximum Gasteiger partial charge on any atom is 0.0969 e. The zero-order chi connectivity index (χ0) is 12.8. The highest BCUT2D eigenvalue weighted by Gasteiger charge is 2.04. The molecule has 1 aromatic carbocycles. The van der Waals surface area contributed by atoms with Crippen LogP contribution in [-0.4, -0.2) is 44.5 Å². The van der Waals surface area contributed by atoms with Gasteiger partial charge in [-0.15, -0.1) is 0 Å². The Bertz CT molecular complexity index is 472. The largest absolute Gasteiger partial charge is 0.394 e. The number of aromatic nitrogens is 3. The standard InChI is InChI=1S/C12H16N4O2/c17-9-12(18)8-13-6-10-7-14-16(15-10)11-4-2-1-3-5-11/h1-5,7,12-13,17-18H,6,8-9H2. The van der Waals surface area contributed by atoms with Gasteiger partial charge in [-0.25, -0.2) is 0 Å². The fourth-order valence-electron chi connectivity index (χ4n) is 1.49. The maximum absolute atomic E-state index is 9.17. The molecule has 0 bridgehead atoms. The highest BCUT2D eigenvalue weighted by Crippen LogP contribution is 2.03. The predicted octanol–water partition coefficient (Wildman–Crippen LogP) is -0.290. The first-order valence-corrected chi connectivity index (χ1v) is 5.76. The number of rotatable bonds is 6. The third-order valence-corrected chi connectivity index (χ3v) is 2.42. The Kier molecular flexibility index (Phi) is 4.40. The van der Waals surface area contributed by atoms with Crippen molar-refractivity contribution in [2.75, 3.05) is 13.2 Å². The van der Waals surface area contributed by atoms with Crippen LogP contribution in [-0.2, 0) is 6.54 Å². The van der Waals surface area contributed by atoms with Crippen molar-refractivity contribution in [2.45, 2.75) is 12.6 Å². The lowest BCUT2D eigenvalue weighted by atomic mass is 10.3. The van der Waals surface area contributed by atoms with Crippen LogP contribution < -0.4 is 5.32 Å². The molecule has 0 aliphatic rings. The second-order valence-corrected chi connectivity index (χ2v) is 3.93. The van der Waals surface area contributed by atoms with Gasteiger partial charge in [0.2, 0.25) is 0 Å². The van der Waals surface area contributed by atoms with Crippen LogP contribution in [0.1, 0.15) is 5.69 Å². The summed E-state index contributed by atoms with van der Waals surface area (Å²) in [6, 6.07) is 9.63. The fourth-order valence-corrected chi connectivity index (χ4v) is 1.49. The lowest BCUT2D eigenvalue weighted by molar-refractivity contribution is 0.0941. The summed E-state index contributed by atoms with van der Waals surface area (Å²) in [5.74, 6) is 0. The van der Waals surface area contributed by atoms with Crippen LogP contribution in [0, 0.1) is 0 Å². The van der Waals surface area contributed by atoms with Crippen LogP contribution >= 0.6 is 0 Å². The smallest absolute Gasteiger partial charge is 0.0969 e. The topological polar surface area (TPSA) is 83.2 Å². The number of hydrogen-bond donors (Lipinski definition) is 3. The molecule has 0 amide bonds. The third-order valence-electron chi connectivity index (χ3n) is 2.42. The van der Waals surface area contributed by atoms with Crippen molar-refractivity contribution < 1.29 is 10.2 Å². The molecule has 0 spiro atoms. The highest BCUT2D eigenvalue weighted by atomic mass is 16.3. The summed E-state index contributed by atoms with van der Waals surface area (Å²) in [4.78, 5) is 1.56. The molecule has 2 rings (SSSR count). The van der Waals surface area contributed by atoms with E-state index in [4.69, 9.17) is 10.2 Å². The van der Waals surface area contributed by atoms with Gasteiger partial charge in [0.05, 0.1) is 30.3 Å². The summed E-state index contributed by atoms with van der Waals surface area (Å²) >= 11 is 0. The quantitative estimate of drug-likeness (QED) is 0.654. The molecule has 0 radical (unpaired) electrons. The van der Waals surface area contributed by atoms with E-state index in [-0.39, 0.29) is 6.61 Å². The first-order chi connectivity index (χ1) is 8.79. The Morgan fingerprint density at radius 1 is 1.28 bits per heavy atom. The minimum Gasteiger partial charge on any atom is -0.394 e. The van der Waals surface area contributed by atoms with Gasteiger partial charge in [-0.3, -0.25) is 0 Å². The molecule has 6 nitrogen and oxygen atoms in total. The SMILES string of the molecule is OCC(O)CNCc1cnn(-c2ccccc2)n1. The molecule has 96 valence electrons. The summed E-state index contributed by atoms with van der Waals surface area (Å²) in [5.41, 5.74) is 1.68. The zero-order valence-corrected chi connectivity index (χ0v) is 9.90. The Labute approximate surface area is 105 Å². The average Bonchev–Trinajstić information content (AvgIpc) is 2.88. The lowest BCUT2D eigenvalue weighted by Crippen LogP contribution is -2.29. The van der Waals surface area contributed by atoms with Gasteiger partial charge in [0.25, 0.3) is 0 Å². The average molecular weight is 248 g/mol. The number of aliphatic hydroxyl groups is 2. The Hall–Kier alpha value is -1.76. The Morgan fingerprint density at radius 2 is 2.06 bits per heavy atom. The van der Waals surface area contributed by atoms with E-state index in [9.17, 15) is 0 Å². The molecule has 0 saturated carbocycles.